The lowest BCUT2D eigenvalue weighted by molar-refractivity contribution is -0.115. The Balaban J connectivity index is 1.66. The van der Waals surface area contributed by atoms with Crippen LogP contribution >= 0.6 is 0 Å². The van der Waals surface area contributed by atoms with Crippen molar-refractivity contribution in [1.29, 1.82) is 0 Å². The lowest BCUT2D eigenvalue weighted by Gasteiger charge is -1.98. The summed E-state index contributed by atoms with van der Waals surface area (Å²) in [5.41, 5.74) is 1.34. The molecule has 2 aliphatic heterocycles. The number of fused-ring (bicyclic) bond motifs is 1. The average Bonchev–Trinajstić information content (AvgIpc) is 3.05. The molecule has 0 radical (unpaired) electrons. The van der Waals surface area contributed by atoms with E-state index in [0.717, 1.165) is 30.0 Å². The summed E-state index contributed by atoms with van der Waals surface area (Å²) in [4.78, 5) is 16.2. The second-order valence-corrected chi connectivity index (χ2v) is 4.87. The van der Waals surface area contributed by atoms with Gasteiger partial charge in [0.1, 0.15) is 11.5 Å². The maximum Gasteiger partial charge on any atom is 0.275 e. The van der Waals surface area contributed by atoms with Crippen LogP contribution in [-0.2, 0) is 4.79 Å². The molecule has 1 N–H and O–H groups in total. The molecule has 5 nitrogen and oxygen atoms in total. The molecule has 0 atom stereocenters. The van der Waals surface area contributed by atoms with Crippen LogP contribution in [0.5, 0.6) is 11.5 Å². The van der Waals surface area contributed by atoms with E-state index in [4.69, 9.17) is 9.47 Å². The monoisotopic (exact) mass is 256 g/mol. The summed E-state index contributed by atoms with van der Waals surface area (Å²) < 4.78 is 10.6. The molecule has 0 bridgehead atoms. The van der Waals surface area contributed by atoms with Crippen LogP contribution in [0.4, 0.5) is 0 Å². The minimum atomic E-state index is -0.125. The van der Waals surface area contributed by atoms with Crippen LogP contribution in [0.25, 0.3) is 6.08 Å². The first-order valence-corrected chi connectivity index (χ1v) is 6.31. The van der Waals surface area contributed by atoms with E-state index in [2.05, 4.69) is 10.3 Å². The fraction of sp³-hybridized carbons (Fsp3) is 0.286. The number of hydrogen-bond acceptors (Lipinski definition) is 4. The zero-order valence-electron chi connectivity index (χ0n) is 10.2. The lowest BCUT2D eigenvalue weighted by Crippen LogP contribution is -2.25. The van der Waals surface area contributed by atoms with Crippen LogP contribution < -0.4 is 14.8 Å². The highest BCUT2D eigenvalue weighted by Gasteiger charge is 2.33. The third-order valence-corrected chi connectivity index (χ3v) is 3.38. The predicted octanol–water partition coefficient (Wildman–Crippen LogP) is 1.69. The van der Waals surface area contributed by atoms with Crippen molar-refractivity contribution in [2.45, 2.75) is 12.8 Å². The number of aliphatic imine (C=N–C) groups is 1. The number of benzene rings is 1. The summed E-state index contributed by atoms with van der Waals surface area (Å²) in [5, 5.41) is 2.83. The molecule has 19 heavy (non-hydrogen) atoms. The van der Waals surface area contributed by atoms with Crippen molar-refractivity contribution in [1.82, 2.24) is 5.32 Å². The number of nitrogens with zero attached hydrogens (tertiary/aromatic N) is 1. The summed E-state index contributed by atoms with van der Waals surface area (Å²) in [5.74, 6) is 2.59. The molecule has 0 spiro atoms. The number of amides is 1. The Kier molecular flexibility index (Phi) is 2.15. The maximum atomic E-state index is 11.8. The van der Waals surface area contributed by atoms with Crippen molar-refractivity contribution in [2.24, 2.45) is 10.9 Å². The molecule has 0 unspecified atom stereocenters. The SMILES string of the molecule is O=C1NC(C2CC2)=N/C1=C/c1ccc2c(c1)OCO2. The van der Waals surface area contributed by atoms with Crippen molar-refractivity contribution in [3.8, 4) is 11.5 Å². The number of ether oxygens (including phenoxy) is 2. The molecular formula is C14H12N2O3. The molecular weight excluding hydrogens is 244 g/mol. The zero-order valence-corrected chi connectivity index (χ0v) is 10.2. The second-order valence-electron chi connectivity index (χ2n) is 4.87. The van der Waals surface area contributed by atoms with E-state index in [-0.39, 0.29) is 12.7 Å². The van der Waals surface area contributed by atoms with Crippen molar-refractivity contribution < 1.29 is 14.3 Å². The standard InChI is InChI=1S/C14H12N2O3/c17-14-10(15-13(16-14)9-2-3-9)5-8-1-4-11-12(6-8)19-7-18-11/h1,4-6,9H,2-3,7H2,(H,15,16,17)/b10-5+. The van der Waals surface area contributed by atoms with E-state index >= 15 is 0 Å². The van der Waals surface area contributed by atoms with Crippen LogP contribution in [0.15, 0.2) is 28.9 Å². The number of carbonyl (C=O) groups excluding carboxylic acids is 1. The van der Waals surface area contributed by atoms with Gasteiger partial charge in [-0.2, -0.15) is 0 Å². The molecule has 0 saturated heterocycles. The molecule has 1 saturated carbocycles. The van der Waals surface area contributed by atoms with Gasteiger partial charge < -0.3 is 14.8 Å². The van der Waals surface area contributed by atoms with Gasteiger partial charge in [-0.15, -0.1) is 0 Å². The van der Waals surface area contributed by atoms with Gasteiger partial charge in [0.2, 0.25) is 6.79 Å². The topological polar surface area (TPSA) is 59.9 Å². The van der Waals surface area contributed by atoms with E-state index in [0.29, 0.717) is 17.4 Å². The molecule has 5 heteroatoms. The number of rotatable bonds is 2. The lowest BCUT2D eigenvalue weighted by atomic mass is 10.1. The first-order chi connectivity index (χ1) is 9.29. The molecule has 1 aromatic rings. The number of amidine groups is 1. The summed E-state index contributed by atoms with van der Waals surface area (Å²) in [7, 11) is 0. The molecule has 1 aliphatic carbocycles. The van der Waals surface area contributed by atoms with Gasteiger partial charge in [0.15, 0.2) is 11.5 Å². The quantitative estimate of drug-likeness (QED) is 0.819. The van der Waals surface area contributed by atoms with Gasteiger partial charge in [-0.1, -0.05) is 6.07 Å². The Morgan fingerprint density at radius 1 is 1.26 bits per heavy atom. The number of carbonyl (C=O) groups is 1. The van der Waals surface area contributed by atoms with Crippen molar-refractivity contribution in [3.05, 3.63) is 29.5 Å². The molecule has 3 aliphatic rings. The predicted molar refractivity (Wildman–Crippen MR) is 68.8 cm³/mol. The van der Waals surface area contributed by atoms with Crippen LogP contribution in [0, 0.1) is 5.92 Å². The van der Waals surface area contributed by atoms with E-state index in [9.17, 15) is 4.79 Å². The smallest absolute Gasteiger partial charge is 0.275 e. The first-order valence-electron chi connectivity index (χ1n) is 6.31. The van der Waals surface area contributed by atoms with Crippen molar-refractivity contribution in [3.63, 3.8) is 0 Å². The normalized spacial score (nSPS) is 22.6. The average molecular weight is 256 g/mol. The second kappa shape index (κ2) is 3.85. The fourth-order valence-corrected chi connectivity index (χ4v) is 2.20. The Labute approximate surface area is 109 Å². The Bertz CT molecular complexity index is 630. The summed E-state index contributed by atoms with van der Waals surface area (Å²) in [6, 6.07) is 5.58. The van der Waals surface area contributed by atoms with Gasteiger partial charge in [-0.25, -0.2) is 4.99 Å². The first kappa shape index (κ1) is 10.6. The minimum absolute atomic E-state index is 0.125. The van der Waals surface area contributed by atoms with Crippen LogP contribution in [0.2, 0.25) is 0 Å². The molecule has 2 heterocycles. The van der Waals surface area contributed by atoms with Gasteiger partial charge in [0, 0.05) is 5.92 Å². The third-order valence-electron chi connectivity index (χ3n) is 3.38. The van der Waals surface area contributed by atoms with E-state index in [1.54, 1.807) is 6.08 Å². The van der Waals surface area contributed by atoms with E-state index in [1.807, 2.05) is 18.2 Å². The Morgan fingerprint density at radius 2 is 2.11 bits per heavy atom. The van der Waals surface area contributed by atoms with Gasteiger partial charge >= 0.3 is 0 Å². The summed E-state index contributed by atoms with van der Waals surface area (Å²) in [6.07, 6.45) is 4.01. The zero-order chi connectivity index (χ0) is 12.8. The molecule has 1 amide bonds. The molecule has 0 aromatic heterocycles. The van der Waals surface area contributed by atoms with Crippen molar-refractivity contribution in [2.75, 3.05) is 6.79 Å². The van der Waals surface area contributed by atoms with E-state index < -0.39 is 0 Å². The Hall–Kier alpha value is -2.30. The number of nitrogens with one attached hydrogen (secondary N) is 1. The third kappa shape index (κ3) is 1.87. The van der Waals surface area contributed by atoms with Gasteiger partial charge in [0.05, 0.1) is 0 Å². The number of hydrogen-bond donors (Lipinski definition) is 1. The van der Waals surface area contributed by atoms with Gasteiger partial charge in [-0.3, -0.25) is 4.79 Å². The van der Waals surface area contributed by atoms with E-state index in [1.165, 1.54) is 0 Å². The molecule has 4 rings (SSSR count). The Morgan fingerprint density at radius 3 is 2.95 bits per heavy atom. The maximum absolute atomic E-state index is 11.8. The highest BCUT2D eigenvalue weighted by atomic mass is 16.7. The minimum Gasteiger partial charge on any atom is -0.454 e. The van der Waals surface area contributed by atoms with Crippen LogP contribution in [0.3, 0.4) is 0 Å². The van der Waals surface area contributed by atoms with Crippen molar-refractivity contribution >= 4 is 17.8 Å². The van der Waals surface area contributed by atoms with Gasteiger partial charge in [-0.05, 0) is 36.6 Å². The summed E-state index contributed by atoms with van der Waals surface area (Å²) in [6.45, 7) is 0.250. The highest BCUT2D eigenvalue weighted by molar-refractivity contribution is 6.15. The largest absolute Gasteiger partial charge is 0.454 e. The molecule has 1 fully saturated rings. The molecule has 96 valence electrons. The van der Waals surface area contributed by atoms with Crippen LogP contribution in [-0.4, -0.2) is 18.5 Å². The van der Waals surface area contributed by atoms with Gasteiger partial charge in [0.25, 0.3) is 5.91 Å². The molecule has 1 aromatic carbocycles. The van der Waals surface area contributed by atoms with Crippen LogP contribution in [0.1, 0.15) is 18.4 Å². The fourth-order valence-electron chi connectivity index (χ4n) is 2.20. The highest BCUT2D eigenvalue weighted by Crippen LogP contribution is 2.34. The summed E-state index contributed by atoms with van der Waals surface area (Å²) >= 11 is 0.